The van der Waals surface area contributed by atoms with Crippen molar-refractivity contribution in [2.24, 2.45) is 5.92 Å². The molecule has 5 heteroatoms. The molecule has 3 atom stereocenters. The molecule has 0 unspecified atom stereocenters. The van der Waals surface area contributed by atoms with Gasteiger partial charge in [-0.1, -0.05) is 12.8 Å². The SMILES string of the molecule is CC(=O)N[C@H](C(=O)N1CCC[C@H]1[C@H]1CCCN1C)C1CCCC1. The molecule has 130 valence electrons. The Labute approximate surface area is 139 Å². The Morgan fingerprint density at radius 1 is 0.957 bits per heavy atom. The van der Waals surface area contributed by atoms with Crippen molar-refractivity contribution in [2.75, 3.05) is 20.1 Å². The average Bonchev–Trinajstić information content (AvgIpc) is 3.24. The van der Waals surface area contributed by atoms with E-state index >= 15 is 0 Å². The van der Waals surface area contributed by atoms with Crippen LogP contribution >= 0.6 is 0 Å². The van der Waals surface area contributed by atoms with Crippen LogP contribution in [0.1, 0.15) is 58.3 Å². The summed E-state index contributed by atoms with van der Waals surface area (Å²) in [6, 6.07) is 0.540. The van der Waals surface area contributed by atoms with Crippen molar-refractivity contribution in [1.82, 2.24) is 15.1 Å². The molecule has 0 spiro atoms. The van der Waals surface area contributed by atoms with Gasteiger partial charge in [-0.2, -0.15) is 0 Å². The maximum Gasteiger partial charge on any atom is 0.245 e. The molecule has 1 aliphatic carbocycles. The lowest BCUT2D eigenvalue weighted by Crippen LogP contribution is -2.55. The van der Waals surface area contributed by atoms with Gasteiger partial charge in [-0.25, -0.2) is 0 Å². The lowest BCUT2D eigenvalue weighted by molar-refractivity contribution is -0.139. The zero-order valence-electron chi connectivity index (χ0n) is 14.6. The van der Waals surface area contributed by atoms with Gasteiger partial charge in [0.25, 0.3) is 0 Å². The number of likely N-dealkylation sites (tertiary alicyclic amines) is 2. The van der Waals surface area contributed by atoms with Gasteiger partial charge >= 0.3 is 0 Å². The van der Waals surface area contributed by atoms with E-state index in [1.807, 2.05) is 0 Å². The van der Waals surface area contributed by atoms with E-state index in [0.29, 0.717) is 18.0 Å². The number of rotatable bonds is 4. The highest BCUT2D eigenvalue weighted by molar-refractivity contribution is 5.87. The van der Waals surface area contributed by atoms with Gasteiger partial charge in [-0.05, 0) is 58.0 Å². The molecular formula is C18H31N3O2. The first-order valence-electron chi connectivity index (χ1n) is 9.35. The Morgan fingerprint density at radius 3 is 2.22 bits per heavy atom. The van der Waals surface area contributed by atoms with E-state index in [1.54, 1.807) is 0 Å². The number of nitrogens with zero attached hydrogens (tertiary/aromatic N) is 2. The lowest BCUT2D eigenvalue weighted by atomic mass is 9.95. The normalized spacial score (nSPS) is 30.8. The molecule has 0 bridgehead atoms. The molecule has 23 heavy (non-hydrogen) atoms. The minimum Gasteiger partial charge on any atom is -0.344 e. The molecule has 3 aliphatic rings. The maximum absolute atomic E-state index is 13.2. The third kappa shape index (κ3) is 3.54. The number of likely N-dealkylation sites (N-methyl/N-ethyl adjacent to an activating group) is 1. The largest absolute Gasteiger partial charge is 0.344 e. The van der Waals surface area contributed by atoms with Crippen molar-refractivity contribution < 1.29 is 9.59 Å². The van der Waals surface area contributed by atoms with E-state index in [9.17, 15) is 9.59 Å². The fourth-order valence-corrected chi connectivity index (χ4v) is 4.96. The molecule has 3 rings (SSSR count). The van der Waals surface area contributed by atoms with Crippen LogP contribution in [0.25, 0.3) is 0 Å². The summed E-state index contributed by atoms with van der Waals surface area (Å²) in [5.41, 5.74) is 0. The van der Waals surface area contributed by atoms with Gasteiger partial charge < -0.3 is 15.1 Å². The van der Waals surface area contributed by atoms with Gasteiger partial charge in [0.1, 0.15) is 6.04 Å². The summed E-state index contributed by atoms with van der Waals surface area (Å²) in [6.45, 7) is 3.53. The van der Waals surface area contributed by atoms with Crippen LogP contribution in [0.4, 0.5) is 0 Å². The minimum atomic E-state index is -0.303. The minimum absolute atomic E-state index is 0.0796. The molecule has 0 aromatic carbocycles. The Hall–Kier alpha value is -1.10. The average molecular weight is 321 g/mol. The summed E-state index contributed by atoms with van der Waals surface area (Å²) < 4.78 is 0. The monoisotopic (exact) mass is 321 g/mol. The van der Waals surface area contributed by atoms with Gasteiger partial charge in [-0.15, -0.1) is 0 Å². The third-order valence-electron chi connectivity index (χ3n) is 6.10. The zero-order chi connectivity index (χ0) is 16.4. The number of hydrogen-bond acceptors (Lipinski definition) is 3. The Kier molecular flexibility index (Phi) is 5.24. The van der Waals surface area contributed by atoms with Crippen molar-refractivity contribution >= 4 is 11.8 Å². The highest BCUT2D eigenvalue weighted by Crippen LogP contribution is 2.33. The highest BCUT2D eigenvalue weighted by atomic mass is 16.2. The van der Waals surface area contributed by atoms with E-state index in [2.05, 4.69) is 22.2 Å². The molecule has 1 N–H and O–H groups in total. The van der Waals surface area contributed by atoms with Gasteiger partial charge in [-0.3, -0.25) is 9.59 Å². The summed E-state index contributed by atoms with van der Waals surface area (Å²) in [5.74, 6) is 0.424. The maximum atomic E-state index is 13.2. The van der Waals surface area contributed by atoms with Crippen LogP contribution in [0, 0.1) is 5.92 Å². The van der Waals surface area contributed by atoms with Crippen molar-refractivity contribution in [3.63, 3.8) is 0 Å². The molecule has 3 fully saturated rings. The van der Waals surface area contributed by atoms with Gasteiger partial charge in [0.2, 0.25) is 11.8 Å². The Balaban J connectivity index is 1.73. The highest BCUT2D eigenvalue weighted by Gasteiger charge is 2.42. The number of carbonyl (C=O) groups excluding carboxylic acids is 2. The molecule has 1 saturated carbocycles. The second kappa shape index (κ2) is 7.20. The van der Waals surface area contributed by atoms with E-state index in [-0.39, 0.29) is 17.9 Å². The molecule has 0 aromatic rings. The van der Waals surface area contributed by atoms with Gasteiger partial charge in [0.15, 0.2) is 0 Å². The van der Waals surface area contributed by atoms with Crippen molar-refractivity contribution in [1.29, 1.82) is 0 Å². The van der Waals surface area contributed by atoms with Crippen molar-refractivity contribution in [3.05, 3.63) is 0 Å². The number of hydrogen-bond donors (Lipinski definition) is 1. The molecular weight excluding hydrogens is 290 g/mol. The zero-order valence-corrected chi connectivity index (χ0v) is 14.6. The first-order chi connectivity index (χ1) is 11.1. The third-order valence-corrected chi connectivity index (χ3v) is 6.10. The molecule has 2 heterocycles. The van der Waals surface area contributed by atoms with Crippen LogP contribution in [0.5, 0.6) is 0 Å². The van der Waals surface area contributed by atoms with Crippen LogP contribution in [0.2, 0.25) is 0 Å². The quantitative estimate of drug-likeness (QED) is 0.858. The van der Waals surface area contributed by atoms with Crippen molar-refractivity contribution in [2.45, 2.75) is 76.4 Å². The van der Waals surface area contributed by atoms with E-state index in [0.717, 1.165) is 38.8 Å². The van der Waals surface area contributed by atoms with Crippen LogP contribution in [0.3, 0.4) is 0 Å². The smallest absolute Gasteiger partial charge is 0.245 e. The van der Waals surface area contributed by atoms with Gasteiger partial charge in [0, 0.05) is 25.6 Å². The Morgan fingerprint density at radius 2 is 1.61 bits per heavy atom. The number of nitrogens with one attached hydrogen (secondary N) is 1. The van der Waals surface area contributed by atoms with Crippen molar-refractivity contribution in [3.8, 4) is 0 Å². The van der Waals surface area contributed by atoms with E-state index in [4.69, 9.17) is 0 Å². The van der Waals surface area contributed by atoms with Crippen LogP contribution < -0.4 is 5.32 Å². The number of amides is 2. The predicted octanol–water partition coefficient (Wildman–Crippen LogP) is 1.77. The summed E-state index contributed by atoms with van der Waals surface area (Å²) in [6.07, 6.45) is 9.13. The topological polar surface area (TPSA) is 52.7 Å². The first kappa shape index (κ1) is 16.7. The number of carbonyl (C=O) groups is 2. The van der Waals surface area contributed by atoms with E-state index in [1.165, 1.54) is 32.6 Å². The molecule has 2 aliphatic heterocycles. The summed E-state index contributed by atoms with van der Waals surface area (Å²) in [7, 11) is 2.18. The van der Waals surface area contributed by atoms with Crippen LogP contribution in [0.15, 0.2) is 0 Å². The molecule has 2 amide bonds. The van der Waals surface area contributed by atoms with Gasteiger partial charge in [0.05, 0.1) is 0 Å². The molecule has 0 radical (unpaired) electrons. The Bertz CT molecular complexity index is 448. The summed E-state index contributed by atoms with van der Waals surface area (Å²) in [5, 5.41) is 2.98. The fraction of sp³-hybridized carbons (Fsp3) is 0.889. The van der Waals surface area contributed by atoms with E-state index < -0.39 is 0 Å². The molecule has 2 saturated heterocycles. The second-order valence-electron chi connectivity index (χ2n) is 7.65. The standard InChI is InChI=1S/C18H31N3O2/c1-13(22)19-17(14-7-3-4-8-14)18(23)21-12-6-10-16(21)15-9-5-11-20(15)2/h14-17H,3-12H2,1-2H3,(H,19,22)/t15-,16+,17+/m1/s1. The second-order valence-corrected chi connectivity index (χ2v) is 7.65. The first-order valence-corrected chi connectivity index (χ1v) is 9.35. The van der Waals surface area contributed by atoms with Crippen LogP contribution in [-0.2, 0) is 9.59 Å². The fourth-order valence-electron chi connectivity index (χ4n) is 4.96. The van der Waals surface area contributed by atoms with Crippen LogP contribution in [-0.4, -0.2) is 59.9 Å². The predicted molar refractivity (Wildman–Crippen MR) is 89.9 cm³/mol. The molecule has 5 nitrogen and oxygen atoms in total. The summed E-state index contributed by atoms with van der Waals surface area (Å²) in [4.78, 5) is 29.4. The summed E-state index contributed by atoms with van der Waals surface area (Å²) >= 11 is 0. The lowest BCUT2D eigenvalue weighted by Gasteiger charge is -2.36. The molecule has 0 aromatic heterocycles.